The van der Waals surface area contributed by atoms with Crippen molar-refractivity contribution in [3.63, 3.8) is 0 Å². The number of nitrogens with two attached hydrogens (primary N) is 1. The van der Waals surface area contributed by atoms with Gasteiger partial charge < -0.3 is 20.3 Å². The minimum absolute atomic E-state index is 0.0208. The molecule has 6 heteroatoms. The molecular formula is C16H23NO5. The molecule has 0 spiro atoms. The third-order valence-electron chi connectivity index (χ3n) is 2.50. The number of benzene rings is 1. The van der Waals surface area contributed by atoms with E-state index in [-0.39, 0.29) is 5.92 Å². The Hall–Kier alpha value is -2.34. The van der Waals surface area contributed by atoms with Crippen LogP contribution in [-0.2, 0) is 14.3 Å². The van der Waals surface area contributed by atoms with Crippen LogP contribution in [0.15, 0.2) is 43.0 Å². The molecule has 0 amide bonds. The van der Waals surface area contributed by atoms with Crippen molar-refractivity contribution in [3.05, 3.63) is 43.0 Å². The van der Waals surface area contributed by atoms with Crippen LogP contribution in [0.2, 0.25) is 0 Å². The second kappa shape index (κ2) is 10.4. The van der Waals surface area contributed by atoms with Gasteiger partial charge in [-0.15, -0.1) is 0 Å². The second-order valence-electron chi connectivity index (χ2n) is 4.75. The van der Waals surface area contributed by atoms with E-state index in [0.717, 1.165) is 6.08 Å². The molecular weight excluding hydrogens is 286 g/mol. The minimum atomic E-state index is -0.931. The highest BCUT2D eigenvalue weighted by atomic mass is 16.7. The normalized spacial score (nSPS) is 12.4. The molecule has 0 aliphatic carbocycles. The van der Waals surface area contributed by atoms with Gasteiger partial charge in [0.05, 0.1) is 0 Å². The third kappa shape index (κ3) is 8.76. The van der Waals surface area contributed by atoms with Crippen molar-refractivity contribution in [2.24, 2.45) is 11.7 Å². The van der Waals surface area contributed by atoms with Crippen LogP contribution >= 0.6 is 0 Å². The van der Waals surface area contributed by atoms with E-state index in [1.54, 1.807) is 32.9 Å². The number of ether oxygens (including phenoxy) is 2. The Morgan fingerprint density at radius 3 is 2.14 bits per heavy atom. The number of carbonyl (C=O) groups is 2. The number of rotatable bonds is 6. The molecule has 1 aromatic rings. The summed E-state index contributed by atoms with van der Waals surface area (Å²) < 4.78 is 10.1. The lowest BCUT2D eigenvalue weighted by atomic mass is 10.1. The topological polar surface area (TPSA) is 98.9 Å². The zero-order valence-corrected chi connectivity index (χ0v) is 13.1. The number of carboxylic acids is 1. The molecule has 0 aliphatic heterocycles. The number of aliphatic carboxylic acids is 1. The molecule has 1 aromatic carbocycles. The fraction of sp³-hybridized carbons (Fsp3) is 0.375. The monoisotopic (exact) mass is 309 g/mol. The Kier molecular flexibility index (Phi) is 9.29. The van der Waals surface area contributed by atoms with E-state index in [2.05, 4.69) is 6.58 Å². The van der Waals surface area contributed by atoms with Crippen molar-refractivity contribution in [1.82, 2.24) is 0 Å². The van der Waals surface area contributed by atoms with E-state index in [9.17, 15) is 9.59 Å². The summed E-state index contributed by atoms with van der Waals surface area (Å²) in [5.74, 6) is -0.738. The van der Waals surface area contributed by atoms with Crippen LogP contribution in [0.1, 0.15) is 20.8 Å². The number of carbonyl (C=O) groups excluding carboxylic acids is 1. The minimum Gasteiger partial charge on any atom is -0.480 e. The maximum Gasteiger partial charge on any atom is 0.333 e. The van der Waals surface area contributed by atoms with E-state index in [1.165, 1.54) is 0 Å². The zero-order valence-electron chi connectivity index (χ0n) is 13.1. The predicted octanol–water partition coefficient (Wildman–Crippen LogP) is 2.19. The Morgan fingerprint density at radius 1 is 1.23 bits per heavy atom. The molecule has 0 heterocycles. The summed E-state index contributed by atoms with van der Waals surface area (Å²) in [5, 5.41) is 8.23. The second-order valence-corrected chi connectivity index (χ2v) is 4.75. The Morgan fingerprint density at radius 2 is 1.77 bits per heavy atom. The average Bonchev–Trinajstić information content (AvgIpc) is 2.47. The number of para-hydroxylation sites is 1. The first kappa shape index (κ1) is 19.7. The smallest absolute Gasteiger partial charge is 0.333 e. The van der Waals surface area contributed by atoms with Gasteiger partial charge in [-0.05, 0) is 18.1 Å². The maximum absolute atomic E-state index is 10.8. The van der Waals surface area contributed by atoms with Crippen LogP contribution in [-0.4, -0.2) is 29.4 Å². The summed E-state index contributed by atoms with van der Waals surface area (Å²) in [5.41, 5.74) is 5.16. The fourth-order valence-electron chi connectivity index (χ4n) is 1.21. The van der Waals surface area contributed by atoms with Crippen LogP contribution in [0, 0.1) is 5.92 Å². The lowest BCUT2D eigenvalue weighted by Gasteiger charge is -2.13. The van der Waals surface area contributed by atoms with Crippen LogP contribution in [0.5, 0.6) is 5.75 Å². The highest BCUT2D eigenvalue weighted by Gasteiger charge is 2.14. The van der Waals surface area contributed by atoms with Gasteiger partial charge in [0.1, 0.15) is 11.8 Å². The standard InChI is InChI=1S/C11H12O3.C5H11NO2/c1-3-11(12)14-9(2)13-10-7-5-4-6-8-10;1-3(2)4(6)5(7)8/h3-9H,1H2,2H3;3-4H,6H2,1-2H3,(H,7,8)/t;4-/m.0/s1. The van der Waals surface area contributed by atoms with Crippen LogP contribution in [0.3, 0.4) is 0 Å². The molecule has 1 unspecified atom stereocenters. The Balaban J connectivity index is 0.000000472. The van der Waals surface area contributed by atoms with Gasteiger partial charge in [-0.3, -0.25) is 4.79 Å². The van der Waals surface area contributed by atoms with Gasteiger partial charge in [0.25, 0.3) is 0 Å². The molecule has 3 N–H and O–H groups in total. The highest BCUT2D eigenvalue weighted by Crippen LogP contribution is 2.11. The van der Waals surface area contributed by atoms with Gasteiger partial charge in [-0.2, -0.15) is 0 Å². The summed E-state index contributed by atoms with van der Waals surface area (Å²) in [6.07, 6.45) is 0.494. The molecule has 0 saturated carbocycles. The molecule has 1 rings (SSSR count). The van der Waals surface area contributed by atoms with Crippen molar-refractivity contribution in [1.29, 1.82) is 0 Å². The molecule has 0 bridgehead atoms. The fourth-order valence-corrected chi connectivity index (χ4v) is 1.21. The number of carboxylic acid groups (broad SMARTS) is 1. The third-order valence-corrected chi connectivity index (χ3v) is 2.50. The largest absolute Gasteiger partial charge is 0.480 e. The SMILES string of the molecule is C=CC(=O)OC(C)Oc1ccccc1.CC(C)[C@H](N)C(=O)O. The van der Waals surface area contributed by atoms with E-state index >= 15 is 0 Å². The molecule has 0 fully saturated rings. The van der Waals surface area contributed by atoms with E-state index in [1.807, 2.05) is 18.2 Å². The first-order valence-corrected chi connectivity index (χ1v) is 6.81. The predicted molar refractivity (Wildman–Crippen MR) is 83.3 cm³/mol. The van der Waals surface area contributed by atoms with Crippen molar-refractivity contribution in [2.75, 3.05) is 0 Å². The van der Waals surface area contributed by atoms with Crippen LogP contribution < -0.4 is 10.5 Å². The summed E-state index contributed by atoms with van der Waals surface area (Å²) in [7, 11) is 0. The van der Waals surface area contributed by atoms with Gasteiger partial charge >= 0.3 is 11.9 Å². The molecule has 122 valence electrons. The maximum atomic E-state index is 10.8. The Bertz CT molecular complexity index is 473. The van der Waals surface area contributed by atoms with Gasteiger partial charge in [0, 0.05) is 13.0 Å². The van der Waals surface area contributed by atoms with Gasteiger partial charge in [0.2, 0.25) is 6.29 Å². The first-order valence-electron chi connectivity index (χ1n) is 6.81. The zero-order chi connectivity index (χ0) is 17.1. The van der Waals surface area contributed by atoms with Gasteiger partial charge in [-0.25, -0.2) is 4.79 Å². The van der Waals surface area contributed by atoms with Crippen LogP contribution in [0.4, 0.5) is 0 Å². The summed E-state index contributed by atoms with van der Waals surface area (Å²) in [4.78, 5) is 20.8. The molecule has 22 heavy (non-hydrogen) atoms. The molecule has 0 aromatic heterocycles. The number of hydrogen-bond donors (Lipinski definition) is 2. The van der Waals surface area contributed by atoms with Gasteiger partial charge in [0.15, 0.2) is 0 Å². The molecule has 0 aliphatic rings. The summed E-state index contributed by atoms with van der Waals surface area (Å²) in [6.45, 7) is 8.49. The van der Waals surface area contributed by atoms with E-state index in [0.29, 0.717) is 5.75 Å². The van der Waals surface area contributed by atoms with Gasteiger partial charge in [-0.1, -0.05) is 38.6 Å². The van der Waals surface area contributed by atoms with Crippen molar-refractivity contribution in [3.8, 4) is 5.75 Å². The highest BCUT2D eigenvalue weighted by molar-refractivity contribution is 5.81. The molecule has 0 radical (unpaired) electrons. The van der Waals surface area contributed by atoms with E-state index in [4.69, 9.17) is 20.3 Å². The molecule has 2 atom stereocenters. The molecule has 0 saturated heterocycles. The number of hydrogen-bond acceptors (Lipinski definition) is 5. The average molecular weight is 309 g/mol. The summed E-state index contributed by atoms with van der Waals surface area (Å²) in [6, 6.07) is 8.44. The summed E-state index contributed by atoms with van der Waals surface area (Å²) >= 11 is 0. The quantitative estimate of drug-likeness (QED) is 0.475. The lowest BCUT2D eigenvalue weighted by Crippen LogP contribution is -2.34. The van der Waals surface area contributed by atoms with E-state index < -0.39 is 24.3 Å². The van der Waals surface area contributed by atoms with Crippen LogP contribution in [0.25, 0.3) is 0 Å². The van der Waals surface area contributed by atoms with Crippen molar-refractivity contribution in [2.45, 2.75) is 33.1 Å². The Labute approximate surface area is 130 Å². The van der Waals surface area contributed by atoms with Crippen molar-refractivity contribution >= 4 is 11.9 Å². The first-order chi connectivity index (χ1) is 10.3. The molecule has 6 nitrogen and oxygen atoms in total. The lowest BCUT2D eigenvalue weighted by molar-refractivity contribution is -0.155. The van der Waals surface area contributed by atoms with Crippen molar-refractivity contribution < 1.29 is 24.2 Å². The number of esters is 1.